The summed E-state index contributed by atoms with van der Waals surface area (Å²) < 4.78 is 5.91. The van der Waals surface area contributed by atoms with E-state index < -0.39 is 0 Å². The number of likely N-dealkylation sites (tertiary alicyclic amines) is 1. The maximum Gasteiger partial charge on any atom is 0.261 e. The van der Waals surface area contributed by atoms with Crippen molar-refractivity contribution in [2.45, 2.75) is 19.3 Å². The molecular formula is C29H33N7O2. The molecule has 1 aromatic heterocycles. The summed E-state index contributed by atoms with van der Waals surface area (Å²) in [5.74, 6) is 2.84. The number of hydrogen-bond donors (Lipinski definition) is 3. The molecule has 9 heteroatoms. The lowest BCUT2D eigenvalue weighted by Crippen LogP contribution is -2.36. The molecule has 1 aliphatic heterocycles. The molecular weight excluding hydrogens is 478 g/mol. The third-order valence-corrected chi connectivity index (χ3v) is 6.65. The normalized spacial score (nSPS) is 14.5. The molecule has 4 N–H and O–H groups in total. The topological polar surface area (TPSA) is 129 Å². The highest BCUT2D eigenvalue weighted by molar-refractivity contribution is 5.96. The van der Waals surface area contributed by atoms with Gasteiger partial charge in [-0.05, 0) is 68.1 Å². The number of para-hydroxylation sites is 1. The van der Waals surface area contributed by atoms with Gasteiger partial charge in [-0.25, -0.2) is 9.97 Å². The van der Waals surface area contributed by atoms with Crippen LogP contribution in [0.4, 0.5) is 11.6 Å². The van der Waals surface area contributed by atoms with E-state index in [1.807, 2.05) is 60.7 Å². The van der Waals surface area contributed by atoms with Crippen LogP contribution in [-0.2, 0) is 4.79 Å². The molecule has 0 bridgehead atoms. The minimum absolute atomic E-state index is 0.171. The second kappa shape index (κ2) is 13.2. The number of rotatable bonds is 10. The van der Waals surface area contributed by atoms with Gasteiger partial charge in [0.05, 0.1) is 5.56 Å². The quantitative estimate of drug-likeness (QED) is 0.272. The monoisotopic (exact) mass is 511 g/mol. The molecule has 38 heavy (non-hydrogen) atoms. The number of nitrogen functional groups attached to an aromatic ring is 1. The van der Waals surface area contributed by atoms with Gasteiger partial charge in [0.2, 0.25) is 0 Å². The Morgan fingerprint density at radius 2 is 1.84 bits per heavy atom. The summed E-state index contributed by atoms with van der Waals surface area (Å²) >= 11 is 0. The van der Waals surface area contributed by atoms with Crippen molar-refractivity contribution in [2.75, 3.05) is 44.3 Å². The van der Waals surface area contributed by atoms with Crippen LogP contribution in [0, 0.1) is 17.2 Å². The summed E-state index contributed by atoms with van der Waals surface area (Å²) in [5, 5.41) is 15.1. The number of nitriles is 1. The van der Waals surface area contributed by atoms with Crippen LogP contribution < -0.4 is 21.1 Å². The highest BCUT2D eigenvalue weighted by atomic mass is 16.5. The lowest BCUT2D eigenvalue weighted by Gasteiger charge is -2.32. The number of amides is 1. The largest absolute Gasteiger partial charge is 0.457 e. The number of likely N-dealkylation sites (N-methyl/N-ethyl adjacent to an activating group) is 1. The van der Waals surface area contributed by atoms with E-state index in [0.717, 1.165) is 67.5 Å². The predicted octanol–water partition coefficient (Wildman–Crippen LogP) is 4.23. The molecule has 9 nitrogen and oxygen atoms in total. The molecule has 1 saturated heterocycles. The number of nitrogens with zero attached hydrogens (tertiary/aromatic N) is 4. The minimum atomic E-state index is -0.335. The molecule has 1 aliphatic rings. The van der Waals surface area contributed by atoms with Crippen molar-refractivity contribution in [1.29, 1.82) is 5.26 Å². The lowest BCUT2D eigenvalue weighted by atomic mass is 9.96. The van der Waals surface area contributed by atoms with Crippen LogP contribution in [0.1, 0.15) is 19.3 Å². The predicted molar refractivity (Wildman–Crippen MR) is 148 cm³/mol. The summed E-state index contributed by atoms with van der Waals surface area (Å²) in [6.07, 6.45) is 5.99. The third kappa shape index (κ3) is 7.08. The van der Waals surface area contributed by atoms with Crippen LogP contribution in [-0.4, -0.2) is 54.0 Å². The van der Waals surface area contributed by atoms with Gasteiger partial charge in [0, 0.05) is 20.1 Å². The van der Waals surface area contributed by atoms with Gasteiger partial charge in [0.25, 0.3) is 5.91 Å². The molecule has 1 amide bonds. The first-order chi connectivity index (χ1) is 18.6. The fourth-order valence-corrected chi connectivity index (χ4v) is 4.50. The average molecular weight is 512 g/mol. The van der Waals surface area contributed by atoms with Crippen LogP contribution in [0.2, 0.25) is 0 Å². The molecule has 4 rings (SSSR count). The van der Waals surface area contributed by atoms with E-state index in [1.165, 1.54) is 13.4 Å². The van der Waals surface area contributed by atoms with Crippen molar-refractivity contribution in [1.82, 2.24) is 20.2 Å². The second-order valence-electron chi connectivity index (χ2n) is 9.19. The standard InChI is InChI=1S/C29H33N7O2/c1-32-29(37)23(18-30)6-5-15-36-16-13-21(14-17-36)19-33-28-26(27(31)34-20-35-28)22-9-11-25(12-10-22)38-24-7-3-2-4-8-24/h2-4,6-12,20-21H,5,13-17,19H2,1H3,(H,32,37)(H3,31,33,34,35). The third-order valence-electron chi connectivity index (χ3n) is 6.65. The summed E-state index contributed by atoms with van der Waals surface area (Å²) in [5.41, 5.74) is 8.14. The van der Waals surface area contributed by atoms with Crippen LogP contribution in [0.25, 0.3) is 11.1 Å². The van der Waals surface area contributed by atoms with Crippen LogP contribution in [0.5, 0.6) is 11.5 Å². The number of benzene rings is 2. The van der Waals surface area contributed by atoms with E-state index in [0.29, 0.717) is 18.2 Å². The summed E-state index contributed by atoms with van der Waals surface area (Å²) in [6, 6.07) is 19.4. The molecule has 1 fully saturated rings. The zero-order valence-electron chi connectivity index (χ0n) is 21.6. The minimum Gasteiger partial charge on any atom is -0.457 e. The number of carbonyl (C=O) groups is 1. The number of hydrogen-bond acceptors (Lipinski definition) is 8. The van der Waals surface area contributed by atoms with Crippen LogP contribution in [0.3, 0.4) is 0 Å². The first-order valence-corrected chi connectivity index (χ1v) is 12.8. The van der Waals surface area contributed by atoms with Crippen molar-refractivity contribution in [3.8, 4) is 28.7 Å². The molecule has 0 aliphatic carbocycles. The Morgan fingerprint density at radius 3 is 2.53 bits per heavy atom. The number of nitrogens with two attached hydrogens (primary N) is 1. The lowest BCUT2D eigenvalue weighted by molar-refractivity contribution is -0.116. The fraction of sp³-hybridized carbons (Fsp3) is 0.310. The Hall–Kier alpha value is -4.42. The van der Waals surface area contributed by atoms with Crippen LogP contribution in [0.15, 0.2) is 72.6 Å². The van der Waals surface area contributed by atoms with E-state index in [2.05, 4.69) is 25.5 Å². The van der Waals surface area contributed by atoms with Gasteiger partial charge in [-0.2, -0.15) is 5.26 Å². The van der Waals surface area contributed by atoms with Gasteiger partial charge in [0.1, 0.15) is 41.1 Å². The molecule has 0 atom stereocenters. The number of piperidine rings is 1. The first-order valence-electron chi connectivity index (χ1n) is 12.8. The zero-order valence-corrected chi connectivity index (χ0v) is 21.6. The van der Waals surface area contributed by atoms with E-state index in [1.54, 1.807) is 6.08 Å². The Kier molecular flexibility index (Phi) is 9.27. The molecule has 0 unspecified atom stereocenters. The summed E-state index contributed by atoms with van der Waals surface area (Å²) in [7, 11) is 1.53. The number of anilines is 2. The molecule has 0 saturated carbocycles. The first kappa shape index (κ1) is 26.6. The highest BCUT2D eigenvalue weighted by Gasteiger charge is 2.20. The van der Waals surface area contributed by atoms with E-state index >= 15 is 0 Å². The van der Waals surface area contributed by atoms with Gasteiger partial charge in [-0.3, -0.25) is 4.79 Å². The van der Waals surface area contributed by atoms with Crippen LogP contribution >= 0.6 is 0 Å². The van der Waals surface area contributed by atoms with Crippen molar-refractivity contribution >= 4 is 17.5 Å². The zero-order chi connectivity index (χ0) is 26.7. The number of carbonyl (C=O) groups excluding carboxylic acids is 1. The molecule has 196 valence electrons. The number of aromatic nitrogens is 2. The van der Waals surface area contributed by atoms with Crippen molar-refractivity contribution in [2.24, 2.45) is 5.92 Å². The van der Waals surface area contributed by atoms with Crippen molar-refractivity contribution in [3.05, 3.63) is 72.6 Å². The van der Waals surface area contributed by atoms with Crippen molar-refractivity contribution < 1.29 is 9.53 Å². The van der Waals surface area contributed by atoms with Gasteiger partial charge < -0.3 is 26.0 Å². The maximum atomic E-state index is 11.6. The molecule has 2 heterocycles. The fourth-order valence-electron chi connectivity index (χ4n) is 4.50. The van der Waals surface area contributed by atoms with E-state index in [9.17, 15) is 4.79 Å². The summed E-state index contributed by atoms with van der Waals surface area (Å²) in [6.45, 7) is 3.58. The molecule has 2 aromatic carbocycles. The number of nitrogens with one attached hydrogen (secondary N) is 2. The number of ether oxygens (including phenoxy) is 1. The smallest absolute Gasteiger partial charge is 0.261 e. The van der Waals surface area contributed by atoms with Gasteiger partial charge in [0.15, 0.2) is 0 Å². The molecule has 0 spiro atoms. The maximum absolute atomic E-state index is 11.6. The average Bonchev–Trinajstić information content (AvgIpc) is 2.95. The highest BCUT2D eigenvalue weighted by Crippen LogP contribution is 2.33. The SMILES string of the molecule is CNC(=O)C(C#N)=CCCN1CCC(CNc2ncnc(N)c2-c2ccc(Oc3ccccc3)cc2)CC1. The van der Waals surface area contributed by atoms with Crippen molar-refractivity contribution in [3.63, 3.8) is 0 Å². The van der Waals surface area contributed by atoms with Gasteiger partial charge >= 0.3 is 0 Å². The molecule has 0 radical (unpaired) electrons. The second-order valence-corrected chi connectivity index (χ2v) is 9.19. The Bertz CT molecular complexity index is 1280. The van der Waals surface area contributed by atoms with Gasteiger partial charge in [-0.1, -0.05) is 36.4 Å². The van der Waals surface area contributed by atoms with Gasteiger partial charge in [-0.15, -0.1) is 0 Å². The summed E-state index contributed by atoms with van der Waals surface area (Å²) in [4.78, 5) is 22.7. The Balaban J connectivity index is 1.31. The molecule has 3 aromatic rings. The van der Waals surface area contributed by atoms with E-state index in [4.69, 9.17) is 15.7 Å². The van der Waals surface area contributed by atoms with E-state index in [-0.39, 0.29) is 11.5 Å². The Labute approximate surface area is 223 Å². The Morgan fingerprint density at radius 1 is 1.13 bits per heavy atom.